The minimum Gasteiger partial charge on any atom is -0.647 e. The zero-order valence-corrected chi connectivity index (χ0v) is 21.1. The second-order valence-electron chi connectivity index (χ2n) is 6.50. The van der Waals surface area contributed by atoms with E-state index in [9.17, 15) is 4.39 Å². The van der Waals surface area contributed by atoms with E-state index in [-0.39, 0.29) is 11.4 Å². The molecular weight excluding hydrogens is 693 g/mol. The average Bonchev–Trinajstić information content (AvgIpc) is 3.33. The number of aromatic nitrogens is 4. The maximum atomic E-state index is 14.4. The molecular formula is C19H17EsFN7S3-. The molecule has 0 aliphatic carbocycles. The number of hydrogen-bond donors (Lipinski definition) is 2. The zero-order valence-electron chi connectivity index (χ0n) is 16.2. The van der Waals surface area contributed by atoms with Gasteiger partial charge >= 0.3 is 0 Å². The van der Waals surface area contributed by atoms with Crippen LogP contribution in [0.1, 0.15) is 16.4 Å². The van der Waals surface area contributed by atoms with Crippen molar-refractivity contribution in [3.8, 4) is 21.1 Å². The van der Waals surface area contributed by atoms with Crippen LogP contribution in [0.2, 0.25) is 0 Å². The molecule has 0 amide bonds. The van der Waals surface area contributed by atoms with Crippen LogP contribution in [-0.4, -0.2) is 20.2 Å². The van der Waals surface area contributed by atoms with Gasteiger partial charge in [0.1, 0.15) is 10.8 Å². The van der Waals surface area contributed by atoms with Crippen LogP contribution in [0, 0.1) is 12.7 Å². The van der Waals surface area contributed by atoms with Crippen LogP contribution in [0.5, 0.6) is 0 Å². The van der Waals surface area contributed by atoms with Gasteiger partial charge in [-0.2, -0.15) is 10.2 Å². The maximum Gasteiger partial charge on any atom is 0.148 e. The summed E-state index contributed by atoms with van der Waals surface area (Å²) in [6.07, 6.45) is 3.21. The van der Waals surface area contributed by atoms with Gasteiger partial charge in [0.25, 0.3) is 0 Å². The Hall–Kier alpha value is -3.60. The van der Waals surface area contributed by atoms with E-state index in [1.807, 2.05) is 24.4 Å². The zero-order chi connectivity index (χ0) is 21.3. The third-order valence-electron chi connectivity index (χ3n) is 4.36. The van der Waals surface area contributed by atoms with Crippen LogP contribution in [0.25, 0.3) is 21.1 Å². The quantitative estimate of drug-likeness (QED) is 0.135. The Kier molecular flexibility index (Phi) is 6.44. The number of anilines is 2. The molecule has 1 aromatic carbocycles. The molecule has 0 aliphatic heterocycles. The molecule has 0 spiro atoms. The van der Waals surface area contributed by atoms with Gasteiger partial charge in [-0.25, -0.2) is 14.4 Å². The van der Waals surface area contributed by atoms with Crippen LogP contribution in [-0.2, 0) is 25.7 Å². The fourth-order valence-electron chi connectivity index (χ4n) is 2.99. The van der Waals surface area contributed by atoms with E-state index in [4.69, 9.17) is 24.4 Å². The second-order valence-corrected chi connectivity index (χ2v) is 8.83. The molecule has 4 rings (SSSR count). The fourth-order valence-corrected chi connectivity index (χ4v) is 5.08. The molecule has 7 nitrogen and oxygen atoms in total. The number of rotatable bonds is 6. The summed E-state index contributed by atoms with van der Waals surface area (Å²) in [5, 5.41) is 11.6. The molecule has 0 bridgehead atoms. The molecule has 0 fully saturated rings. The van der Waals surface area contributed by atoms with Gasteiger partial charge in [-0.15, -0.1) is 22.7 Å². The van der Waals surface area contributed by atoms with Gasteiger partial charge in [0.2, 0.25) is 0 Å². The van der Waals surface area contributed by atoms with E-state index < -0.39 is 5.82 Å². The van der Waals surface area contributed by atoms with E-state index in [1.54, 1.807) is 23.6 Å². The van der Waals surface area contributed by atoms with Crippen molar-refractivity contribution in [2.24, 2.45) is 5.84 Å². The molecule has 4 aromatic rings. The number of benzene rings is 1. The normalized spacial score (nSPS) is 10.7. The van der Waals surface area contributed by atoms with Crippen LogP contribution >= 0.6 is 22.7 Å². The summed E-state index contributed by atoms with van der Waals surface area (Å²) in [7, 11) is 0. The first kappa shape index (κ1) is 22.1. The number of aryl methyl sites for hydroxylation is 3. The average molecular weight is 711 g/mol. The Morgan fingerprint density at radius 1 is 1.23 bits per heavy atom. The summed E-state index contributed by atoms with van der Waals surface area (Å²) in [5.41, 5.74) is 9.30. The van der Waals surface area contributed by atoms with E-state index in [0.29, 0.717) is 10.6 Å². The molecule has 4 N–H and O–H groups in total. The van der Waals surface area contributed by atoms with Gasteiger partial charge in [0.05, 0.1) is 38.3 Å². The molecule has 0 aliphatic rings. The first-order chi connectivity index (χ1) is 14.4. The third kappa shape index (κ3) is 4.61. The van der Waals surface area contributed by atoms with Crippen LogP contribution in [0.4, 0.5) is 15.8 Å². The van der Waals surface area contributed by atoms with Crippen molar-refractivity contribution in [1.82, 2.24) is 20.2 Å². The molecule has 3 heterocycles. The van der Waals surface area contributed by atoms with E-state index in [2.05, 4.69) is 20.2 Å². The predicted molar refractivity (Wildman–Crippen MR) is 121 cm³/mol. The van der Waals surface area contributed by atoms with Gasteiger partial charge in [-0.3, -0.25) is 5.84 Å². The number of halogens is 1. The van der Waals surface area contributed by atoms with Crippen molar-refractivity contribution in [3.05, 3.63) is 58.1 Å². The smallest absolute Gasteiger partial charge is 0.148 e. The summed E-state index contributed by atoms with van der Waals surface area (Å²) in [4.78, 5) is 10.3. The first-order valence-corrected chi connectivity index (χ1v) is 11.0. The Morgan fingerprint density at radius 2 is 2.03 bits per heavy atom. The number of nitrogen functional groups attached to an aromatic ring is 1. The Balaban J connectivity index is 0.00000272. The molecule has 31 heavy (non-hydrogen) atoms. The number of thiazole rings is 2. The van der Waals surface area contributed by atoms with Crippen molar-refractivity contribution in [2.75, 3.05) is 10.1 Å². The minimum atomic E-state index is -0.584. The molecule has 1 radical (unpaired) electrons. The number of hydrogen-bond acceptors (Lipinski definition) is 10. The Labute approximate surface area is 186 Å². The van der Waals surface area contributed by atoms with Gasteiger partial charge in [-0.05, 0) is 37.6 Å². The maximum absolute atomic E-state index is 14.4. The Bertz CT molecular complexity index is 1160. The molecule has 12 heteroatoms. The topological polar surface area (TPSA) is 107 Å². The Morgan fingerprint density at radius 3 is 2.71 bits per heavy atom. The molecule has 0 saturated heterocycles. The first-order valence-electron chi connectivity index (χ1n) is 8.92. The van der Waals surface area contributed by atoms with Gasteiger partial charge in [0.15, 0.2) is 0 Å². The number of nitrogens with two attached hydrogens (primary N) is 2. The molecule has 3 aromatic heterocycles. The number of nitrogens with zero attached hydrogens (tertiary/aromatic N) is 5. The van der Waals surface area contributed by atoms with E-state index in [0.717, 1.165) is 44.2 Å². The summed E-state index contributed by atoms with van der Waals surface area (Å²) >= 11 is 7.80. The van der Waals surface area contributed by atoms with Crippen molar-refractivity contribution >= 4 is 46.9 Å². The third-order valence-corrected chi connectivity index (χ3v) is 6.67. The van der Waals surface area contributed by atoms with Gasteiger partial charge in [-0.1, -0.05) is 0 Å². The molecule has 165 valence electrons. The van der Waals surface area contributed by atoms with Crippen molar-refractivity contribution in [3.63, 3.8) is 0 Å². The largest absolute Gasteiger partial charge is 0.647 e. The fraction of sp³-hybridized carbons (Fsp3) is 0.158. The van der Waals surface area contributed by atoms with Crippen molar-refractivity contribution in [2.45, 2.75) is 19.8 Å². The van der Waals surface area contributed by atoms with Crippen LogP contribution < -0.4 is 16.0 Å². The standard InChI is InChI=1S/C19H17FN7S3.Es/c1-10-18(30-16(24-10)5-4-12-3-2-6-23-26-12)15-9-29-19(25-15)11-7-13(20)17(27(22)28)14(21)8-11;/h2-3,6-9H,4-5,21-22H2,1H3;/q-1;. The van der Waals surface area contributed by atoms with Crippen molar-refractivity contribution in [1.29, 1.82) is 0 Å². The van der Waals surface area contributed by atoms with Crippen LogP contribution in [0.15, 0.2) is 35.8 Å². The SMILES string of the molecule is Cc1nc(CCc2cccnn2)sc1-c1csc(-c2cc(N)c(N(N)[S-])c(F)c2)n1.[Es]. The molecule has 0 saturated carbocycles. The van der Waals surface area contributed by atoms with Gasteiger partial charge in [0, 0.05) is 23.6 Å². The molecule has 0 unspecified atom stereocenters. The van der Waals surface area contributed by atoms with Gasteiger partial charge < -0.3 is 23.0 Å². The molecule has 0 atom stereocenters. The second kappa shape index (κ2) is 9.04. The summed E-state index contributed by atoms with van der Waals surface area (Å²) in [6.45, 7) is 1.96. The predicted octanol–water partition coefficient (Wildman–Crippen LogP) is 3.68. The summed E-state index contributed by atoms with van der Waals surface area (Å²) in [5.74, 6) is 4.88. The monoisotopic (exact) mass is 710 g/mol. The summed E-state index contributed by atoms with van der Waals surface area (Å²) < 4.78 is 15.1. The number of hydrazine groups is 1. The van der Waals surface area contributed by atoms with E-state index >= 15 is 0 Å². The van der Waals surface area contributed by atoms with Crippen molar-refractivity contribution < 1.29 is 4.39 Å². The van der Waals surface area contributed by atoms with Crippen LogP contribution in [0.3, 0.4) is 0 Å². The minimum absolute atomic E-state index is 0. The summed E-state index contributed by atoms with van der Waals surface area (Å²) in [6, 6.07) is 6.79. The van der Waals surface area contributed by atoms with E-state index in [1.165, 1.54) is 17.4 Å².